The second-order valence-electron chi connectivity index (χ2n) is 4.75. The summed E-state index contributed by atoms with van der Waals surface area (Å²) in [4.78, 5) is 10.0. The van der Waals surface area contributed by atoms with Crippen LogP contribution < -0.4 is 10.6 Å². The van der Waals surface area contributed by atoms with Gasteiger partial charge < -0.3 is 0 Å². The summed E-state index contributed by atoms with van der Waals surface area (Å²) in [7, 11) is -0.385. The normalized spacial score (nSPS) is 9.61. The minimum atomic E-state index is -0.385. The van der Waals surface area contributed by atoms with E-state index in [9.17, 15) is 4.79 Å². The molecule has 23 heavy (non-hydrogen) atoms. The van der Waals surface area contributed by atoms with Gasteiger partial charge in [-0.2, -0.15) is 0 Å². The number of rotatable bonds is 4. The fraction of sp³-hybridized carbons (Fsp3) is 0. The lowest BCUT2D eigenvalue weighted by molar-refractivity contribution is 0.112. The van der Waals surface area contributed by atoms with Crippen LogP contribution in [0.2, 0.25) is 0 Å². The van der Waals surface area contributed by atoms with Gasteiger partial charge in [-0.15, -0.1) is 0 Å². The van der Waals surface area contributed by atoms with E-state index < -0.39 is 0 Å². The van der Waals surface area contributed by atoms with Gasteiger partial charge in [0.2, 0.25) is 0 Å². The summed E-state index contributed by atoms with van der Waals surface area (Å²) in [6.07, 6.45) is 0.833. The van der Waals surface area contributed by atoms with Crippen LogP contribution in [-0.2, 0) is 0 Å². The molecule has 0 saturated heterocycles. The fourth-order valence-corrected chi connectivity index (χ4v) is 3.78. The molecule has 0 fully saturated rings. The largest absolute Gasteiger partial charge is 0.298 e. The first-order chi connectivity index (χ1) is 11.3. The van der Waals surface area contributed by atoms with Crippen LogP contribution >= 0.6 is 7.92 Å². The van der Waals surface area contributed by atoms with E-state index >= 15 is 0 Å². The third-order valence-electron chi connectivity index (χ3n) is 3.19. The maximum absolute atomic E-state index is 10.0. The zero-order valence-corrected chi connectivity index (χ0v) is 13.8. The number of carbonyl (C=O) groups is 1. The molecule has 0 aromatic heterocycles. The predicted octanol–water partition coefficient (Wildman–Crippen LogP) is 4.76. The Morgan fingerprint density at radius 3 is 1.35 bits per heavy atom. The van der Waals surface area contributed by atoms with Gasteiger partial charge in [0, 0.05) is 5.56 Å². The summed E-state index contributed by atoms with van der Waals surface area (Å²) in [6, 6.07) is 30.2. The van der Waals surface area contributed by atoms with Crippen LogP contribution in [0.25, 0.3) is 0 Å². The summed E-state index contributed by atoms with van der Waals surface area (Å²) in [6.45, 7) is 3.94. The van der Waals surface area contributed by atoms with Crippen molar-refractivity contribution < 1.29 is 4.79 Å². The Balaban J connectivity index is 0.000000203. The van der Waals surface area contributed by atoms with Gasteiger partial charge in [0.1, 0.15) is 6.29 Å². The predicted molar refractivity (Wildman–Crippen MR) is 101 cm³/mol. The minimum Gasteiger partial charge on any atom is -0.298 e. The van der Waals surface area contributed by atoms with E-state index in [1.54, 1.807) is 12.1 Å². The first-order valence-corrected chi connectivity index (χ1v) is 8.78. The van der Waals surface area contributed by atoms with Gasteiger partial charge in [0.25, 0.3) is 0 Å². The van der Waals surface area contributed by atoms with E-state index in [4.69, 9.17) is 0 Å². The number of hydrogen-bond donors (Lipinski definition) is 0. The van der Waals surface area contributed by atoms with E-state index in [1.807, 2.05) is 30.3 Å². The van der Waals surface area contributed by atoms with E-state index in [0.717, 1.165) is 11.8 Å². The molecule has 0 heterocycles. The van der Waals surface area contributed by atoms with Crippen LogP contribution in [-0.4, -0.2) is 6.29 Å². The Kier molecular flexibility index (Phi) is 6.97. The Morgan fingerprint density at radius 2 is 1.04 bits per heavy atom. The maximum Gasteiger partial charge on any atom is 0.150 e. The van der Waals surface area contributed by atoms with E-state index in [-0.39, 0.29) is 7.92 Å². The van der Waals surface area contributed by atoms with E-state index in [2.05, 4.69) is 60.9 Å². The number of benzene rings is 3. The minimum absolute atomic E-state index is 0.385. The van der Waals surface area contributed by atoms with Crippen molar-refractivity contribution in [1.29, 1.82) is 0 Å². The lowest BCUT2D eigenvalue weighted by Crippen LogP contribution is -2.08. The SMILES string of the molecule is C=CP(c1ccccc1)c1ccccc1.O=Cc1ccccc1. The molecular formula is C21H19OP. The van der Waals surface area contributed by atoms with E-state index in [0.29, 0.717) is 0 Å². The molecule has 1 nitrogen and oxygen atoms in total. The van der Waals surface area contributed by atoms with Gasteiger partial charge in [-0.3, -0.25) is 4.79 Å². The molecule has 0 bridgehead atoms. The summed E-state index contributed by atoms with van der Waals surface area (Å²) < 4.78 is 0. The van der Waals surface area contributed by atoms with Crippen molar-refractivity contribution in [3.05, 3.63) is 109 Å². The van der Waals surface area contributed by atoms with Crippen molar-refractivity contribution >= 4 is 24.8 Å². The lowest BCUT2D eigenvalue weighted by atomic mass is 10.2. The third kappa shape index (κ3) is 5.32. The van der Waals surface area contributed by atoms with Crippen LogP contribution in [0.1, 0.15) is 10.4 Å². The van der Waals surface area contributed by atoms with Gasteiger partial charge in [0.05, 0.1) is 0 Å². The second kappa shape index (κ2) is 9.50. The van der Waals surface area contributed by atoms with Crippen molar-refractivity contribution in [2.45, 2.75) is 0 Å². The number of aldehydes is 1. The monoisotopic (exact) mass is 318 g/mol. The highest BCUT2D eigenvalue weighted by Gasteiger charge is 2.07. The van der Waals surface area contributed by atoms with Crippen LogP contribution in [0.5, 0.6) is 0 Å². The fourth-order valence-electron chi connectivity index (χ4n) is 2.07. The second-order valence-corrected chi connectivity index (χ2v) is 6.89. The lowest BCUT2D eigenvalue weighted by Gasteiger charge is -2.13. The first kappa shape index (κ1) is 16.9. The summed E-state index contributed by atoms with van der Waals surface area (Å²) in [5.74, 6) is 2.06. The molecule has 0 aliphatic heterocycles. The Labute approximate surface area is 139 Å². The van der Waals surface area contributed by atoms with Gasteiger partial charge in [-0.25, -0.2) is 0 Å². The molecule has 0 aliphatic rings. The van der Waals surface area contributed by atoms with E-state index in [1.165, 1.54) is 10.6 Å². The van der Waals surface area contributed by atoms with Gasteiger partial charge >= 0.3 is 0 Å². The molecule has 3 aromatic carbocycles. The smallest absolute Gasteiger partial charge is 0.150 e. The molecule has 3 aromatic rings. The van der Waals surface area contributed by atoms with Crippen LogP contribution in [0.4, 0.5) is 0 Å². The average Bonchev–Trinajstić information content (AvgIpc) is 2.65. The first-order valence-electron chi connectivity index (χ1n) is 7.37. The Hall–Kier alpha value is -2.50. The molecule has 0 unspecified atom stereocenters. The molecule has 0 radical (unpaired) electrons. The van der Waals surface area contributed by atoms with Gasteiger partial charge in [-0.1, -0.05) is 103 Å². The van der Waals surface area contributed by atoms with Crippen molar-refractivity contribution in [3.63, 3.8) is 0 Å². The zero-order chi connectivity index (χ0) is 16.3. The maximum atomic E-state index is 10.0. The molecule has 2 heteroatoms. The highest BCUT2D eigenvalue weighted by atomic mass is 31.1. The molecule has 0 spiro atoms. The van der Waals surface area contributed by atoms with Crippen LogP contribution in [0, 0.1) is 0 Å². The summed E-state index contributed by atoms with van der Waals surface area (Å²) in [5.41, 5.74) is 0.729. The number of carbonyl (C=O) groups excluding carboxylic acids is 1. The van der Waals surface area contributed by atoms with Gasteiger partial charge in [0.15, 0.2) is 0 Å². The van der Waals surface area contributed by atoms with Crippen LogP contribution in [0.15, 0.2) is 103 Å². The average molecular weight is 318 g/mol. The van der Waals surface area contributed by atoms with Crippen molar-refractivity contribution in [2.24, 2.45) is 0 Å². The van der Waals surface area contributed by atoms with Crippen LogP contribution in [0.3, 0.4) is 0 Å². The molecule has 3 rings (SSSR count). The molecular weight excluding hydrogens is 299 g/mol. The number of hydrogen-bond acceptors (Lipinski definition) is 1. The Morgan fingerprint density at radius 1 is 0.652 bits per heavy atom. The molecule has 114 valence electrons. The van der Waals surface area contributed by atoms with Gasteiger partial charge in [-0.05, 0) is 18.5 Å². The summed E-state index contributed by atoms with van der Waals surface area (Å²) in [5, 5.41) is 2.71. The van der Waals surface area contributed by atoms with Crippen molar-refractivity contribution in [1.82, 2.24) is 0 Å². The highest BCUT2D eigenvalue weighted by molar-refractivity contribution is 7.75. The zero-order valence-electron chi connectivity index (χ0n) is 12.9. The summed E-state index contributed by atoms with van der Waals surface area (Å²) >= 11 is 0. The molecule has 0 N–H and O–H groups in total. The molecule has 0 amide bonds. The van der Waals surface area contributed by atoms with Crippen molar-refractivity contribution in [3.8, 4) is 0 Å². The molecule has 0 saturated carbocycles. The third-order valence-corrected chi connectivity index (χ3v) is 5.26. The topological polar surface area (TPSA) is 17.1 Å². The van der Waals surface area contributed by atoms with Crippen molar-refractivity contribution in [2.75, 3.05) is 0 Å². The Bertz CT molecular complexity index is 669. The quantitative estimate of drug-likeness (QED) is 0.500. The highest BCUT2D eigenvalue weighted by Crippen LogP contribution is 2.33. The molecule has 0 atom stereocenters. The molecule has 0 aliphatic carbocycles. The standard InChI is InChI=1S/C14H13P.C7H6O/c1-2-15(13-9-5-3-6-10-13)14-11-7-4-8-12-14;8-6-7-4-2-1-3-5-7/h2-12H,1H2;1-6H.